The van der Waals surface area contributed by atoms with E-state index in [9.17, 15) is 9.59 Å². The summed E-state index contributed by atoms with van der Waals surface area (Å²) >= 11 is 0. The van der Waals surface area contributed by atoms with Crippen molar-refractivity contribution in [3.8, 4) is 0 Å². The lowest BCUT2D eigenvalue weighted by Gasteiger charge is -2.42. The van der Waals surface area contributed by atoms with Crippen molar-refractivity contribution >= 4 is 11.8 Å². The van der Waals surface area contributed by atoms with E-state index in [1.54, 1.807) is 0 Å². The minimum absolute atomic E-state index is 0.00790. The van der Waals surface area contributed by atoms with Crippen LogP contribution in [0, 0.1) is 11.8 Å². The quantitative estimate of drug-likeness (QED) is 0.859. The zero-order valence-electron chi connectivity index (χ0n) is 15.1. The highest BCUT2D eigenvalue weighted by molar-refractivity contribution is 5.80. The first-order chi connectivity index (χ1) is 11.5. The molecule has 1 aliphatic carbocycles. The highest BCUT2D eigenvalue weighted by atomic mass is 16.2. The molecule has 0 bridgehead atoms. The lowest BCUT2D eigenvalue weighted by Crippen LogP contribution is -2.55. The first kappa shape index (κ1) is 17.7. The zero-order valence-corrected chi connectivity index (χ0v) is 15.1. The molecule has 2 N–H and O–H groups in total. The molecule has 2 aliphatic heterocycles. The molecule has 2 saturated heterocycles. The molecular weight excluding hydrogens is 302 g/mol. The number of nitrogens with zero attached hydrogens (tertiary/aromatic N) is 2. The van der Waals surface area contributed by atoms with Crippen LogP contribution < -0.4 is 5.73 Å². The summed E-state index contributed by atoms with van der Waals surface area (Å²) in [6, 6.07) is 0. The SMILES string of the molecule is CC1(N)CCCCC1C(=O)N1CCC(CN2CCCCC2=O)CC1. The third-order valence-corrected chi connectivity index (χ3v) is 6.38. The number of carbonyl (C=O) groups excluding carboxylic acids is 2. The summed E-state index contributed by atoms with van der Waals surface area (Å²) in [7, 11) is 0. The van der Waals surface area contributed by atoms with Gasteiger partial charge in [-0.05, 0) is 51.4 Å². The van der Waals surface area contributed by atoms with Crippen LogP contribution in [0.1, 0.15) is 64.7 Å². The standard InChI is InChI=1S/C19H33N3O2/c1-19(20)10-4-2-6-16(19)18(24)21-12-8-15(9-13-21)14-22-11-5-3-7-17(22)23/h15-16H,2-14,20H2,1H3. The fourth-order valence-corrected chi connectivity index (χ4v) is 4.69. The molecule has 3 fully saturated rings. The van der Waals surface area contributed by atoms with Gasteiger partial charge in [0.1, 0.15) is 0 Å². The Kier molecular flexibility index (Phi) is 5.48. The van der Waals surface area contributed by atoms with Gasteiger partial charge >= 0.3 is 0 Å². The van der Waals surface area contributed by atoms with Gasteiger partial charge in [-0.1, -0.05) is 12.8 Å². The van der Waals surface area contributed by atoms with E-state index < -0.39 is 0 Å². The van der Waals surface area contributed by atoms with Gasteiger partial charge in [0, 0.05) is 38.1 Å². The van der Waals surface area contributed by atoms with E-state index in [1.165, 1.54) is 0 Å². The summed E-state index contributed by atoms with van der Waals surface area (Å²) in [6.45, 7) is 5.52. The van der Waals surface area contributed by atoms with E-state index in [2.05, 4.69) is 0 Å². The lowest BCUT2D eigenvalue weighted by atomic mass is 9.73. The predicted molar refractivity (Wildman–Crippen MR) is 94.3 cm³/mol. The molecule has 3 rings (SSSR count). The molecular formula is C19H33N3O2. The van der Waals surface area contributed by atoms with Crippen molar-refractivity contribution in [3.63, 3.8) is 0 Å². The second kappa shape index (κ2) is 7.42. The van der Waals surface area contributed by atoms with Crippen LogP contribution in [0.25, 0.3) is 0 Å². The van der Waals surface area contributed by atoms with Gasteiger partial charge in [0.05, 0.1) is 5.92 Å². The molecule has 1 saturated carbocycles. The molecule has 0 aromatic rings. The number of piperidine rings is 2. The zero-order chi connectivity index (χ0) is 17.2. The topological polar surface area (TPSA) is 66.6 Å². The molecule has 0 radical (unpaired) electrons. The number of likely N-dealkylation sites (tertiary alicyclic amines) is 2. The summed E-state index contributed by atoms with van der Waals surface area (Å²) < 4.78 is 0. The second-order valence-electron chi connectivity index (χ2n) is 8.37. The molecule has 136 valence electrons. The third-order valence-electron chi connectivity index (χ3n) is 6.38. The van der Waals surface area contributed by atoms with Gasteiger partial charge < -0.3 is 15.5 Å². The maximum atomic E-state index is 12.9. The predicted octanol–water partition coefficient (Wildman–Crippen LogP) is 2.15. The van der Waals surface area contributed by atoms with Crippen molar-refractivity contribution in [1.82, 2.24) is 9.80 Å². The maximum absolute atomic E-state index is 12.9. The number of hydrogen-bond donors (Lipinski definition) is 1. The van der Waals surface area contributed by atoms with E-state index in [0.717, 1.165) is 77.5 Å². The molecule has 0 aromatic heterocycles. The van der Waals surface area contributed by atoms with E-state index in [4.69, 9.17) is 5.73 Å². The van der Waals surface area contributed by atoms with Crippen LogP contribution in [0.15, 0.2) is 0 Å². The van der Waals surface area contributed by atoms with Crippen molar-refractivity contribution in [2.45, 2.75) is 70.3 Å². The van der Waals surface area contributed by atoms with Crippen molar-refractivity contribution < 1.29 is 9.59 Å². The first-order valence-electron chi connectivity index (χ1n) is 9.83. The number of nitrogens with two attached hydrogens (primary N) is 1. The lowest BCUT2D eigenvalue weighted by molar-refractivity contribution is -0.141. The second-order valence-corrected chi connectivity index (χ2v) is 8.37. The Balaban J connectivity index is 1.49. The molecule has 5 nitrogen and oxygen atoms in total. The van der Waals surface area contributed by atoms with Crippen LogP contribution in [0.3, 0.4) is 0 Å². The van der Waals surface area contributed by atoms with Gasteiger partial charge in [-0.15, -0.1) is 0 Å². The molecule has 24 heavy (non-hydrogen) atoms. The van der Waals surface area contributed by atoms with Gasteiger partial charge in [-0.2, -0.15) is 0 Å². The monoisotopic (exact) mass is 335 g/mol. The molecule has 0 spiro atoms. The van der Waals surface area contributed by atoms with Crippen LogP contribution in [-0.2, 0) is 9.59 Å². The summed E-state index contributed by atoms with van der Waals surface area (Å²) in [5, 5.41) is 0. The normalized spacial score (nSPS) is 32.9. The van der Waals surface area contributed by atoms with Crippen molar-refractivity contribution in [2.75, 3.05) is 26.2 Å². The molecule has 2 heterocycles. The fraction of sp³-hybridized carbons (Fsp3) is 0.895. The third kappa shape index (κ3) is 3.93. The van der Waals surface area contributed by atoms with Crippen LogP contribution in [0.5, 0.6) is 0 Å². The summed E-state index contributed by atoms with van der Waals surface area (Å²) in [6.07, 6.45) is 9.09. The van der Waals surface area contributed by atoms with Gasteiger partial charge in [-0.3, -0.25) is 9.59 Å². The molecule has 3 aliphatic rings. The minimum atomic E-state index is -0.341. The van der Waals surface area contributed by atoms with E-state index in [1.807, 2.05) is 16.7 Å². The largest absolute Gasteiger partial charge is 0.342 e. The number of carbonyl (C=O) groups is 2. The highest BCUT2D eigenvalue weighted by Gasteiger charge is 2.40. The number of hydrogen-bond acceptors (Lipinski definition) is 3. The highest BCUT2D eigenvalue weighted by Crippen LogP contribution is 2.34. The van der Waals surface area contributed by atoms with E-state index >= 15 is 0 Å². The van der Waals surface area contributed by atoms with Crippen LogP contribution in [0.2, 0.25) is 0 Å². The summed E-state index contributed by atoms with van der Waals surface area (Å²) in [5.41, 5.74) is 6.06. The fourth-order valence-electron chi connectivity index (χ4n) is 4.69. The average molecular weight is 335 g/mol. The van der Waals surface area contributed by atoms with Crippen molar-refractivity contribution in [3.05, 3.63) is 0 Å². The smallest absolute Gasteiger partial charge is 0.227 e. The van der Waals surface area contributed by atoms with Gasteiger partial charge in [-0.25, -0.2) is 0 Å². The van der Waals surface area contributed by atoms with Crippen molar-refractivity contribution in [2.24, 2.45) is 17.6 Å². The van der Waals surface area contributed by atoms with E-state index in [-0.39, 0.29) is 17.4 Å². The Labute approximate surface area is 145 Å². The van der Waals surface area contributed by atoms with Crippen LogP contribution >= 0.6 is 0 Å². The molecule has 2 atom stereocenters. The maximum Gasteiger partial charge on any atom is 0.227 e. The Morgan fingerprint density at radius 2 is 1.88 bits per heavy atom. The summed E-state index contributed by atoms with van der Waals surface area (Å²) in [4.78, 5) is 28.9. The first-order valence-corrected chi connectivity index (χ1v) is 9.83. The molecule has 5 heteroatoms. The number of rotatable bonds is 3. The van der Waals surface area contributed by atoms with Crippen LogP contribution in [0.4, 0.5) is 0 Å². The van der Waals surface area contributed by atoms with Crippen LogP contribution in [-0.4, -0.2) is 53.3 Å². The van der Waals surface area contributed by atoms with Gasteiger partial charge in [0.15, 0.2) is 0 Å². The Hall–Kier alpha value is -1.10. The average Bonchev–Trinajstić information content (AvgIpc) is 2.57. The van der Waals surface area contributed by atoms with Crippen molar-refractivity contribution in [1.29, 1.82) is 0 Å². The van der Waals surface area contributed by atoms with Gasteiger partial charge in [0.25, 0.3) is 0 Å². The number of amides is 2. The Morgan fingerprint density at radius 1 is 1.12 bits per heavy atom. The Bertz CT molecular complexity index is 469. The molecule has 0 aromatic carbocycles. The Morgan fingerprint density at radius 3 is 2.54 bits per heavy atom. The summed E-state index contributed by atoms with van der Waals surface area (Å²) in [5.74, 6) is 1.13. The molecule has 2 amide bonds. The minimum Gasteiger partial charge on any atom is -0.342 e. The van der Waals surface area contributed by atoms with Gasteiger partial charge in [0.2, 0.25) is 11.8 Å². The molecule has 2 unspecified atom stereocenters. The van der Waals surface area contributed by atoms with E-state index in [0.29, 0.717) is 18.2 Å².